The zero-order valence-electron chi connectivity index (χ0n) is 19.0. The monoisotopic (exact) mass is 556 g/mol. The predicted octanol–water partition coefficient (Wildman–Crippen LogP) is 3.84. The van der Waals surface area contributed by atoms with Crippen molar-refractivity contribution in [2.24, 2.45) is 0 Å². The summed E-state index contributed by atoms with van der Waals surface area (Å²) >= 11 is 0. The third-order valence-electron chi connectivity index (χ3n) is 4.54. The lowest BCUT2D eigenvalue weighted by Gasteiger charge is -2.10. The van der Waals surface area contributed by atoms with Crippen LogP contribution in [0, 0.1) is 0 Å². The summed E-state index contributed by atoms with van der Waals surface area (Å²) in [5.41, 5.74) is 0.131. The van der Waals surface area contributed by atoms with E-state index in [1.165, 1.54) is 0 Å². The van der Waals surface area contributed by atoms with Gasteiger partial charge in [-0.2, -0.15) is 0 Å². The summed E-state index contributed by atoms with van der Waals surface area (Å²) in [6.45, 7) is 0.00724. The van der Waals surface area contributed by atoms with Crippen LogP contribution >= 0.6 is 0 Å². The summed E-state index contributed by atoms with van der Waals surface area (Å²) in [4.78, 5) is 24.0. The maximum absolute atomic E-state index is 12.2. The van der Waals surface area contributed by atoms with Crippen LogP contribution in [0.5, 0.6) is 11.5 Å². The van der Waals surface area contributed by atoms with Crippen LogP contribution in [0.2, 0.25) is 0 Å². The summed E-state index contributed by atoms with van der Waals surface area (Å²) in [5.74, 6) is -2.67. The molecule has 0 atom stereocenters. The van der Waals surface area contributed by atoms with Crippen LogP contribution < -0.4 is 20.1 Å². The van der Waals surface area contributed by atoms with E-state index in [0.717, 1.165) is 48.5 Å². The lowest BCUT2D eigenvalue weighted by molar-refractivity contribution is -0.275. The Morgan fingerprint density at radius 3 is 1.27 bits per heavy atom. The number of alkyl halides is 6. The van der Waals surface area contributed by atoms with Crippen LogP contribution in [0.4, 0.5) is 26.3 Å². The molecule has 0 aliphatic rings. The molecule has 2 aromatic rings. The number of hydrogen-bond donors (Lipinski definition) is 2. The van der Waals surface area contributed by atoms with E-state index in [9.17, 15) is 44.3 Å². The van der Waals surface area contributed by atoms with E-state index in [4.69, 9.17) is 0 Å². The normalized spacial score (nSPS) is 12.1. The molecule has 0 saturated carbocycles. The highest BCUT2D eigenvalue weighted by atomic mass is 32.2. The zero-order valence-corrected chi connectivity index (χ0v) is 19.8. The van der Waals surface area contributed by atoms with Gasteiger partial charge in [0.1, 0.15) is 21.3 Å². The van der Waals surface area contributed by atoms with E-state index in [-0.39, 0.29) is 48.6 Å². The summed E-state index contributed by atoms with van der Waals surface area (Å²) in [5, 5.41) is 4.92. The third kappa shape index (κ3) is 11.9. The Labute approximate surface area is 207 Å². The highest BCUT2D eigenvalue weighted by Crippen LogP contribution is 2.23. The van der Waals surface area contributed by atoms with Gasteiger partial charge in [-0.1, -0.05) is 0 Å². The number of hydrogen-bond acceptors (Lipinski definition) is 6. The molecule has 204 valence electrons. The van der Waals surface area contributed by atoms with Crippen molar-refractivity contribution < 1.29 is 53.8 Å². The molecule has 0 fully saturated rings. The molecule has 2 amide bonds. The molecule has 0 heterocycles. The van der Waals surface area contributed by atoms with E-state index in [1.807, 2.05) is 0 Å². The summed E-state index contributed by atoms with van der Waals surface area (Å²) in [7, 11) is -3.50. The van der Waals surface area contributed by atoms with Gasteiger partial charge in [-0.3, -0.25) is 9.59 Å². The number of amides is 2. The van der Waals surface area contributed by atoms with Gasteiger partial charge in [0.15, 0.2) is 0 Å². The van der Waals surface area contributed by atoms with Gasteiger partial charge < -0.3 is 20.1 Å². The Hall–Kier alpha value is -3.49. The van der Waals surface area contributed by atoms with Crippen molar-refractivity contribution >= 4 is 21.7 Å². The Morgan fingerprint density at radius 1 is 0.649 bits per heavy atom. The van der Waals surface area contributed by atoms with Crippen molar-refractivity contribution in [3.05, 3.63) is 59.7 Å². The number of carbonyl (C=O) groups is 2. The van der Waals surface area contributed by atoms with Crippen molar-refractivity contribution in [3.63, 3.8) is 0 Å². The maximum Gasteiger partial charge on any atom is 0.573 e. The minimum Gasteiger partial charge on any atom is -0.406 e. The Kier molecular flexibility index (Phi) is 10.2. The SMILES string of the molecule is O=C(NCCCS(=O)(=O)CCCNC(=O)c1ccc(OC(F)(F)F)cc1)c1ccc(OC(F)(F)F)cc1. The molecule has 0 aliphatic heterocycles. The average Bonchev–Trinajstić information content (AvgIpc) is 2.78. The highest BCUT2D eigenvalue weighted by molar-refractivity contribution is 7.91. The Balaban J connectivity index is 1.66. The topological polar surface area (TPSA) is 111 Å². The molecule has 0 aliphatic carbocycles. The first-order valence-electron chi connectivity index (χ1n) is 10.6. The van der Waals surface area contributed by atoms with E-state index in [1.54, 1.807) is 0 Å². The number of sulfone groups is 1. The number of carbonyl (C=O) groups excluding carboxylic acids is 2. The van der Waals surface area contributed by atoms with E-state index < -0.39 is 45.9 Å². The smallest absolute Gasteiger partial charge is 0.406 e. The molecule has 2 aromatic carbocycles. The van der Waals surface area contributed by atoms with Crippen molar-refractivity contribution in [1.82, 2.24) is 10.6 Å². The number of ether oxygens (including phenoxy) is 2. The predicted molar refractivity (Wildman–Crippen MR) is 119 cm³/mol. The molecule has 2 N–H and O–H groups in total. The zero-order chi connectivity index (χ0) is 27.7. The first-order valence-corrected chi connectivity index (χ1v) is 12.4. The van der Waals surface area contributed by atoms with Crippen molar-refractivity contribution in [2.75, 3.05) is 24.6 Å². The molecule has 0 bridgehead atoms. The maximum atomic E-state index is 12.2. The summed E-state index contributed by atoms with van der Waals surface area (Å²) in [6, 6.07) is 8.43. The summed E-state index contributed by atoms with van der Waals surface area (Å²) in [6.07, 6.45) is -9.54. The number of benzene rings is 2. The third-order valence-corrected chi connectivity index (χ3v) is 6.36. The minimum atomic E-state index is -4.86. The second-order valence-corrected chi connectivity index (χ2v) is 9.82. The van der Waals surface area contributed by atoms with Gasteiger partial charge in [0.2, 0.25) is 0 Å². The second-order valence-electron chi connectivity index (χ2n) is 7.52. The number of halogens is 6. The fourth-order valence-corrected chi connectivity index (χ4v) is 4.28. The molecule has 0 saturated heterocycles. The Bertz CT molecular complexity index is 1060. The molecule has 15 heteroatoms. The second kappa shape index (κ2) is 12.7. The summed E-state index contributed by atoms with van der Waals surface area (Å²) < 4.78 is 105. The van der Waals surface area contributed by atoms with Gasteiger partial charge in [-0.05, 0) is 61.4 Å². The van der Waals surface area contributed by atoms with E-state index >= 15 is 0 Å². The van der Waals surface area contributed by atoms with Crippen molar-refractivity contribution in [2.45, 2.75) is 25.6 Å². The van der Waals surface area contributed by atoms with E-state index in [0.29, 0.717) is 0 Å². The average molecular weight is 556 g/mol. The van der Waals surface area contributed by atoms with Crippen LogP contribution in [-0.2, 0) is 9.84 Å². The van der Waals surface area contributed by atoms with Gasteiger partial charge in [-0.25, -0.2) is 8.42 Å². The van der Waals surface area contributed by atoms with Gasteiger partial charge in [0.05, 0.1) is 11.5 Å². The standard InChI is InChI=1S/C22H22F6N2O6S/c23-21(24,25)35-17-7-3-15(4-8-17)19(31)29-11-1-13-37(33,34)14-2-12-30-20(32)16-5-9-18(10-6-16)36-22(26,27)28/h3-10H,1-2,11-14H2,(H,29,31)(H,30,32). The highest BCUT2D eigenvalue weighted by Gasteiger charge is 2.31. The van der Waals surface area contributed by atoms with Crippen LogP contribution in [-0.4, -0.2) is 57.6 Å². The molecule has 2 rings (SSSR count). The molecule has 0 radical (unpaired) electrons. The van der Waals surface area contributed by atoms with Gasteiger partial charge in [-0.15, -0.1) is 26.3 Å². The van der Waals surface area contributed by atoms with Gasteiger partial charge in [0, 0.05) is 24.2 Å². The number of rotatable bonds is 12. The van der Waals surface area contributed by atoms with Gasteiger partial charge >= 0.3 is 12.7 Å². The fourth-order valence-electron chi connectivity index (χ4n) is 2.91. The fraction of sp³-hybridized carbons (Fsp3) is 0.364. The minimum absolute atomic E-state index is 0.00362. The lowest BCUT2D eigenvalue weighted by Crippen LogP contribution is -2.28. The Morgan fingerprint density at radius 2 is 0.973 bits per heavy atom. The van der Waals surface area contributed by atoms with Crippen LogP contribution in [0.3, 0.4) is 0 Å². The largest absolute Gasteiger partial charge is 0.573 e. The van der Waals surface area contributed by atoms with Crippen LogP contribution in [0.1, 0.15) is 33.6 Å². The van der Waals surface area contributed by atoms with Crippen LogP contribution in [0.15, 0.2) is 48.5 Å². The molecule has 8 nitrogen and oxygen atoms in total. The molecule has 0 unspecified atom stereocenters. The van der Waals surface area contributed by atoms with Crippen LogP contribution in [0.25, 0.3) is 0 Å². The first kappa shape index (κ1) is 29.7. The molecular formula is C22H22F6N2O6S. The molecule has 0 aromatic heterocycles. The lowest BCUT2D eigenvalue weighted by atomic mass is 10.2. The van der Waals surface area contributed by atoms with E-state index in [2.05, 4.69) is 20.1 Å². The molecule has 0 spiro atoms. The quantitative estimate of drug-likeness (QED) is 0.304. The first-order chi connectivity index (χ1) is 17.1. The molecular weight excluding hydrogens is 534 g/mol. The number of nitrogens with one attached hydrogen (secondary N) is 2. The van der Waals surface area contributed by atoms with Crippen molar-refractivity contribution in [3.8, 4) is 11.5 Å². The molecule has 37 heavy (non-hydrogen) atoms. The van der Waals surface area contributed by atoms with Crippen molar-refractivity contribution in [1.29, 1.82) is 0 Å². The van der Waals surface area contributed by atoms with Gasteiger partial charge in [0.25, 0.3) is 11.8 Å².